The highest BCUT2D eigenvalue weighted by Crippen LogP contribution is 2.28. The van der Waals surface area contributed by atoms with Gasteiger partial charge in [0.05, 0.1) is 6.21 Å². The molecular weight excluding hydrogens is 332 g/mol. The first-order chi connectivity index (χ1) is 9.95. The van der Waals surface area contributed by atoms with Gasteiger partial charge in [-0.25, -0.2) is 4.39 Å². The Morgan fingerprint density at radius 1 is 1.14 bits per heavy atom. The summed E-state index contributed by atoms with van der Waals surface area (Å²) in [6, 6.07) is 9.75. The standard InChI is InChI=1S/C14H10Cl2FN3S/c15-11-3-10(4-12(16)6-11)8-1-2-9(13(17)5-8)7-19-20-14(18)21/h1-7H,(H3,18,20,21). The average molecular weight is 342 g/mol. The smallest absolute Gasteiger partial charge is 0.184 e. The molecule has 0 aromatic heterocycles. The van der Waals surface area contributed by atoms with Gasteiger partial charge in [0, 0.05) is 15.6 Å². The van der Waals surface area contributed by atoms with E-state index in [0.29, 0.717) is 21.2 Å². The Hall–Kier alpha value is -1.69. The molecule has 2 aromatic carbocycles. The maximum absolute atomic E-state index is 14.0. The van der Waals surface area contributed by atoms with Gasteiger partial charge in [-0.1, -0.05) is 29.3 Å². The molecule has 0 saturated carbocycles. The van der Waals surface area contributed by atoms with Crippen molar-refractivity contribution in [3.8, 4) is 11.1 Å². The van der Waals surface area contributed by atoms with Gasteiger partial charge in [0.2, 0.25) is 0 Å². The van der Waals surface area contributed by atoms with Gasteiger partial charge in [-0.15, -0.1) is 0 Å². The van der Waals surface area contributed by atoms with Crippen molar-refractivity contribution >= 4 is 46.7 Å². The maximum atomic E-state index is 14.0. The van der Waals surface area contributed by atoms with Gasteiger partial charge in [-0.3, -0.25) is 5.43 Å². The Bertz CT molecular complexity index is 699. The summed E-state index contributed by atoms with van der Waals surface area (Å²) in [7, 11) is 0. The predicted octanol–water partition coefficient (Wildman–Crippen LogP) is 3.97. The fourth-order valence-corrected chi connectivity index (χ4v) is 2.28. The van der Waals surface area contributed by atoms with Crippen LogP contribution in [0.5, 0.6) is 0 Å². The Balaban J connectivity index is 2.30. The normalized spacial score (nSPS) is 10.8. The Morgan fingerprint density at radius 2 is 1.81 bits per heavy atom. The molecule has 0 fully saturated rings. The molecule has 0 unspecified atom stereocenters. The highest BCUT2D eigenvalue weighted by atomic mass is 35.5. The van der Waals surface area contributed by atoms with Crippen molar-refractivity contribution in [2.75, 3.05) is 0 Å². The molecule has 0 heterocycles. The number of thiocarbonyl (C=S) groups is 1. The molecule has 108 valence electrons. The van der Waals surface area contributed by atoms with E-state index in [-0.39, 0.29) is 5.11 Å². The van der Waals surface area contributed by atoms with E-state index in [9.17, 15) is 4.39 Å². The summed E-state index contributed by atoms with van der Waals surface area (Å²) in [4.78, 5) is 0. The topological polar surface area (TPSA) is 50.4 Å². The summed E-state index contributed by atoms with van der Waals surface area (Å²) in [6.45, 7) is 0. The molecular formula is C14H10Cl2FN3S. The zero-order valence-corrected chi connectivity index (χ0v) is 12.9. The van der Waals surface area contributed by atoms with Gasteiger partial charge in [0.15, 0.2) is 5.11 Å². The van der Waals surface area contributed by atoms with Gasteiger partial charge in [-0.2, -0.15) is 5.10 Å². The monoisotopic (exact) mass is 341 g/mol. The van der Waals surface area contributed by atoms with E-state index in [1.807, 2.05) is 0 Å². The molecule has 0 aliphatic heterocycles. The van der Waals surface area contributed by atoms with Crippen LogP contribution in [0.4, 0.5) is 4.39 Å². The fourth-order valence-electron chi connectivity index (χ4n) is 1.70. The number of hydrogen-bond donors (Lipinski definition) is 2. The van der Waals surface area contributed by atoms with Crippen LogP contribution in [-0.2, 0) is 0 Å². The molecule has 3 N–H and O–H groups in total. The van der Waals surface area contributed by atoms with Crippen LogP contribution in [-0.4, -0.2) is 11.3 Å². The second kappa shape index (κ2) is 6.85. The third kappa shape index (κ3) is 4.39. The van der Waals surface area contributed by atoms with Crippen LogP contribution in [0.3, 0.4) is 0 Å². The van der Waals surface area contributed by atoms with Gasteiger partial charge < -0.3 is 5.73 Å². The largest absolute Gasteiger partial charge is 0.375 e. The van der Waals surface area contributed by atoms with Crippen LogP contribution in [0.15, 0.2) is 41.5 Å². The zero-order valence-electron chi connectivity index (χ0n) is 10.6. The average Bonchev–Trinajstić information content (AvgIpc) is 2.39. The third-order valence-corrected chi connectivity index (χ3v) is 3.10. The molecule has 0 atom stereocenters. The lowest BCUT2D eigenvalue weighted by atomic mass is 10.0. The van der Waals surface area contributed by atoms with E-state index in [4.69, 9.17) is 28.9 Å². The number of hydrazone groups is 1. The highest BCUT2D eigenvalue weighted by Gasteiger charge is 2.06. The minimum Gasteiger partial charge on any atom is -0.375 e. The molecule has 0 bridgehead atoms. The number of rotatable bonds is 3. The molecule has 0 amide bonds. The van der Waals surface area contributed by atoms with Crippen molar-refractivity contribution in [3.63, 3.8) is 0 Å². The first kappa shape index (κ1) is 15.7. The van der Waals surface area contributed by atoms with E-state index in [1.165, 1.54) is 12.3 Å². The van der Waals surface area contributed by atoms with Crippen LogP contribution in [0.1, 0.15) is 5.56 Å². The third-order valence-electron chi connectivity index (χ3n) is 2.57. The molecule has 21 heavy (non-hydrogen) atoms. The van der Waals surface area contributed by atoms with E-state index >= 15 is 0 Å². The Labute approximate surface area is 136 Å². The van der Waals surface area contributed by atoms with Crippen LogP contribution >= 0.6 is 35.4 Å². The second-order valence-electron chi connectivity index (χ2n) is 4.13. The van der Waals surface area contributed by atoms with Gasteiger partial charge in [0.1, 0.15) is 5.82 Å². The molecule has 2 aromatic rings. The SMILES string of the molecule is NC(=S)NN=Cc1ccc(-c2cc(Cl)cc(Cl)c2)cc1F. The maximum Gasteiger partial charge on any atom is 0.184 e. The van der Waals surface area contributed by atoms with Crippen LogP contribution in [0.25, 0.3) is 11.1 Å². The molecule has 0 aliphatic rings. The minimum atomic E-state index is -0.433. The second-order valence-corrected chi connectivity index (χ2v) is 5.44. The zero-order chi connectivity index (χ0) is 15.4. The molecule has 0 spiro atoms. The quantitative estimate of drug-likeness (QED) is 0.504. The summed E-state index contributed by atoms with van der Waals surface area (Å²) in [5, 5.41) is 4.70. The van der Waals surface area contributed by atoms with Crippen LogP contribution < -0.4 is 11.2 Å². The minimum absolute atomic E-state index is 0.0110. The fraction of sp³-hybridized carbons (Fsp3) is 0. The van der Waals surface area contributed by atoms with Crippen molar-refractivity contribution in [2.45, 2.75) is 0 Å². The number of benzene rings is 2. The summed E-state index contributed by atoms with van der Waals surface area (Å²) < 4.78 is 14.0. The number of nitrogens with two attached hydrogens (primary N) is 1. The summed E-state index contributed by atoms with van der Waals surface area (Å²) in [5.74, 6) is -0.433. The number of nitrogens with zero attached hydrogens (tertiary/aromatic N) is 1. The Morgan fingerprint density at radius 3 is 2.38 bits per heavy atom. The number of halogens is 3. The molecule has 7 heteroatoms. The van der Waals surface area contributed by atoms with E-state index in [2.05, 4.69) is 22.7 Å². The van der Waals surface area contributed by atoms with Gasteiger partial charge in [-0.05, 0) is 53.7 Å². The van der Waals surface area contributed by atoms with Gasteiger partial charge in [0.25, 0.3) is 0 Å². The highest BCUT2D eigenvalue weighted by molar-refractivity contribution is 7.80. The van der Waals surface area contributed by atoms with E-state index < -0.39 is 5.82 Å². The summed E-state index contributed by atoms with van der Waals surface area (Å²) >= 11 is 16.5. The van der Waals surface area contributed by atoms with Crippen molar-refractivity contribution in [3.05, 3.63) is 57.8 Å². The van der Waals surface area contributed by atoms with Crippen LogP contribution in [0, 0.1) is 5.82 Å². The molecule has 0 saturated heterocycles. The van der Waals surface area contributed by atoms with Crippen molar-refractivity contribution in [2.24, 2.45) is 10.8 Å². The van der Waals surface area contributed by atoms with Crippen molar-refractivity contribution < 1.29 is 4.39 Å². The van der Waals surface area contributed by atoms with Crippen LogP contribution in [0.2, 0.25) is 10.0 Å². The molecule has 0 radical (unpaired) electrons. The number of nitrogens with one attached hydrogen (secondary N) is 1. The molecule has 3 nitrogen and oxygen atoms in total. The lowest BCUT2D eigenvalue weighted by Crippen LogP contribution is -2.24. The summed E-state index contributed by atoms with van der Waals surface area (Å²) in [6.07, 6.45) is 1.29. The van der Waals surface area contributed by atoms with E-state index in [0.717, 1.165) is 5.56 Å². The lowest BCUT2D eigenvalue weighted by molar-refractivity contribution is 0.626. The first-order valence-corrected chi connectivity index (χ1v) is 6.96. The van der Waals surface area contributed by atoms with Crippen molar-refractivity contribution in [1.29, 1.82) is 0 Å². The van der Waals surface area contributed by atoms with E-state index in [1.54, 1.807) is 30.3 Å². The Kier molecular flexibility index (Phi) is 5.12. The first-order valence-electron chi connectivity index (χ1n) is 5.80. The molecule has 0 aliphatic carbocycles. The summed E-state index contributed by atoms with van der Waals surface area (Å²) in [5.41, 5.74) is 9.27. The molecule has 2 rings (SSSR count). The van der Waals surface area contributed by atoms with Gasteiger partial charge >= 0.3 is 0 Å². The predicted molar refractivity (Wildman–Crippen MR) is 89.4 cm³/mol. The number of hydrogen-bond acceptors (Lipinski definition) is 2. The lowest BCUT2D eigenvalue weighted by Gasteiger charge is -2.05. The van der Waals surface area contributed by atoms with Crippen molar-refractivity contribution in [1.82, 2.24) is 5.43 Å².